The Morgan fingerprint density at radius 3 is 1.86 bits per heavy atom. The highest BCUT2D eigenvalue weighted by atomic mass is 32.2. The van der Waals surface area contributed by atoms with Crippen LogP contribution in [0.3, 0.4) is 0 Å². The lowest BCUT2D eigenvalue weighted by atomic mass is 10.0. The van der Waals surface area contributed by atoms with Gasteiger partial charge in [-0.1, -0.05) is 113 Å². The summed E-state index contributed by atoms with van der Waals surface area (Å²) in [5.41, 5.74) is 2.76. The van der Waals surface area contributed by atoms with Crippen LogP contribution in [-0.2, 0) is 17.3 Å². The molecule has 0 aliphatic rings. The van der Waals surface area contributed by atoms with Crippen molar-refractivity contribution in [3.63, 3.8) is 0 Å². The van der Waals surface area contributed by atoms with Crippen molar-refractivity contribution in [1.82, 2.24) is 0 Å². The first-order chi connectivity index (χ1) is 14.2. The minimum atomic E-state index is 0.130. The molecule has 0 saturated carbocycles. The molecule has 0 N–H and O–H groups in total. The number of benzene rings is 2. The van der Waals surface area contributed by atoms with Crippen LogP contribution in [0.1, 0.15) is 87.7 Å². The number of ether oxygens (including phenoxy) is 1. The Labute approximate surface area is 182 Å². The van der Waals surface area contributed by atoms with Gasteiger partial charge in [0.15, 0.2) is 0 Å². The highest BCUT2D eigenvalue weighted by molar-refractivity contribution is 7.95. The van der Waals surface area contributed by atoms with Crippen LogP contribution >= 0.6 is 0 Å². The summed E-state index contributed by atoms with van der Waals surface area (Å²) in [7, 11) is 0.150. The maximum absolute atomic E-state index is 6.55. The van der Waals surface area contributed by atoms with Gasteiger partial charge in [0.05, 0.1) is 0 Å². The van der Waals surface area contributed by atoms with Crippen LogP contribution < -0.4 is 4.74 Å². The third-order valence-corrected chi connectivity index (χ3v) is 6.73. The van der Waals surface area contributed by atoms with E-state index in [1.165, 1.54) is 75.3 Å². The molecule has 160 valence electrons. The first kappa shape index (κ1) is 23.9. The van der Waals surface area contributed by atoms with E-state index in [0.29, 0.717) is 0 Å². The summed E-state index contributed by atoms with van der Waals surface area (Å²) in [5.74, 6) is 1.07. The molecule has 1 nitrogen and oxygen atoms in total. The average Bonchev–Trinajstić information content (AvgIpc) is 2.74. The van der Waals surface area contributed by atoms with E-state index in [2.05, 4.69) is 74.0 Å². The Hall–Kier alpha value is -1.41. The zero-order valence-corrected chi connectivity index (χ0v) is 19.7. The van der Waals surface area contributed by atoms with Gasteiger partial charge in [-0.2, -0.15) is 0 Å². The SMILES string of the molecule is CCCCCCCCCCCCc1ccccc1OC(c1ccccc1)[S+](C)C. The van der Waals surface area contributed by atoms with Gasteiger partial charge in [0.1, 0.15) is 18.3 Å². The summed E-state index contributed by atoms with van der Waals surface area (Å²) in [6.07, 6.45) is 19.5. The first-order valence-electron chi connectivity index (χ1n) is 11.6. The Morgan fingerprint density at radius 2 is 1.24 bits per heavy atom. The zero-order chi connectivity index (χ0) is 20.7. The fourth-order valence-electron chi connectivity index (χ4n) is 3.79. The second-order valence-electron chi connectivity index (χ2n) is 8.28. The molecule has 0 heterocycles. The topological polar surface area (TPSA) is 9.23 Å². The summed E-state index contributed by atoms with van der Waals surface area (Å²) in [6, 6.07) is 19.3. The van der Waals surface area contributed by atoms with Gasteiger partial charge in [0.2, 0.25) is 0 Å². The Morgan fingerprint density at radius 1 is 0.690 bits per heavy atom. The van der Waals surface area contributed by atoms with E-state index in [0.717, 1.165) is 12.2 Å². The van der Waals surface area contributed by atoms with Crippen LogP contribution in [0.4, 0.5) is 0 Å². The highest BCUT2D eigenvalue weighted by Crippen LogP contribution is 2.30. The summed E-state index contributed by atoms with van der Waals surface area (Å²) >= 11 is 0. The summed E-state index contributed by atoms with van der Waals surface area (Å²) < 4.78 is 6.55. The van der Waals surface area contributed by atoms with Crippen LogP contribution in [-0.4, -0.2) is 12.5 Å². The van der Waals surface area contributed by atoms with Crippen molar-refractivity contribution >= 4 is 10.9 Å². The molecular weight excluding hydrogens is 372 g/mol. The Kier molecular flexibility index (Phi) is 12.0. The third-order valence-electron chi connectivity index (χ3n) is 5.51. The van der Waals surface area contributed by atoms with E-state index in [-0.39, 0.29) is 16.3 Å². The fourth-order valence-corrected chi connectivity index (χ4v) is 4.79. The van der Waals surface area contributed by atoms with Gasteiger partial charge < -0.3 is 4.74 Å². The summed E-state index contributed by atoms with van der Waals surface area (Å²) in [4.78, 5) is 0. The van der Waals surface area contributed by atoms with E-state index in [1.807, 2.05) is 0 Å². The molecule has 2 rings (SSSR count). The average molecular weight is 414 g/mol. The number of para-hydroxylation sites is 1. The normalized spacial score (nSPS) is 12.3. The summed E-state index contributed by atoms with van der Waals surface area (Å²) in [5, 5.41) is 0. The lowest BCUT2D eigenvalue weighted by Crippen LogP contribution is -2.17. The number of hydrogen-bond donors (Lipinski definition) is 0. The van der Waals surface area contributed by atoms with Gasteiger partial charge in [-0.3, -0.25) is 0 Å². The molecule has 0 bridgehead atoms. The van der Waals surface area contributed by atoms with Gasteiger partial charge in [-0.25, -0.2) is 0 Å². The molecule has 1 atom stereocenters. The largest absolute Gasteiger partial charge is 0.442 e. The molecule has 0 radical (unpaired) electrons. The van der Waals surface area contributed by atoms with E-state index in [9.17, 15) is 0 Å². The molecule has 2 aromatic carbocycles. The Balaban J connectivity index is 1.77. The molecule has 0 saturated heterocycles. The first-order valence-corrected chi connectivity index (χ1v) is 13.7. The molecular formula is C27H41OS+. The quantitative estimate of drug-likeness (QED) is 0.212. The second-order valence-corrected chi connectivity index (χ2v) is 10.5. The lowest BCUT2D eigenvalue weighted by molar-refractivity contribution is 0.289. The molecule has 29 heavy (non-hydrogen) atoms. The second kappa shape index (κ2) is 14.6. The van der Waals surface area contributed by atoms with E-state index in [4.69, 9.17) is 4.74 Å². The third kappa shape index (κ3) is 9.30. The molecule has 0 aliphatic heterocycles. The minimum Gasteiger partial charge on any atom is -0.442 e. The van der Waals surface area contributed by atoms with E-state index >= 15 is 0 Å². The standard InChI is InChI=1S/C27H41OS/c1-4-5-6-7-8-9-10-11-12-14-19-24-20-17-18-23-26(24)28-27(29(2)3)25-21-15-13-16-22-25/h13,15-18,20-23,27H,4-12,14,19H2,1-3H3/q+1. The smallest absolute Gasteiger partial charge is 0.282 e. The lowest BCUT2D eigenvalue weighted by Gasteiger charge is -2.18. The molecule has 2 heteroatoms. The van der Waals surface area contributed by atoms with Crippen molar-refractivity contribution in [2.75, 3.05) is 12.5 Å². The zero-order valence-electron chi connectivity index (χ0n) is 18.9. The molecule has 1 unspecified atom stereocenters. The molecule has 2 aromatic rings. The van der Waals surface area contributed by atoms with Crippen molar-refractivity contribution in [2.24, 2.45) is 0 Å². The molecule has 0 aromatic heterocycles. The molecule has 0 spiro atoms. The number of aryl methyl sites for hydroxylation is 1. The van der Waals surface area contributed by atoms with Crippen LogP contribution in [0.2, 0.25) is 0 Å². The summed E-state index contributed by atoms with van der Waals surface area (Å²) in [6.45, 7) is 2.29. The predicted octanol–water partition coefficient (Wildman–Crippen LogP) is 8.11. The van der Waals surface area contributed by atoms with Crippen molar-refractivity contribution in [3.8, 4) is 5.75 Å². The van der Waals surface area contributed by atoms with Gasteiger partial charge in [0.25, 0.3) is 5.44 Å². The van der Waals surface area contributed by atoms with Gasteiger partial charge >= 0.3 is 0 Å². The van der Waals surface area contributed by atoms with E-state index < -0.39 is 0 Å². The van der Waals surface area contributed by atoms with Crippen molar-refractivity contribution in [2.45, 2.75) is 83.0 Å². The maximum Gasteiger partial charge on any atom is 0.282 e. The van der Waals surface area contributed by atoms with E-state index in [1.54, 1.807) is 0 Å². The van der Waals surface area contributed by atoms with Crippen LogP contribution in [0.15, 0.2) is 54.6 Å². The van der Waals surface area contributed by atoms with Gasteiger partial charge in [-0.05, 0) is 24.5 Å². The highest BCUT2D eigenvalue weighted by Gasteiger charge is 2.26. The molecule has 0 aliphatic carbocycles. The molecule has 0 amide bonds. The Bertz CT molecular complexity index is 653. The van der Waals surface area contributed by atoms with Gasteiger partial charge in [0, 0.05) is 16.5 Å². The van der Waals surface area contributed by atoms with Crippen molar-refractivity contribution in [3.05, 3.63) is 65.7 Å². The fraction of sp³-hybridized carbons (Fsp3) is 0.556. The predicted molar refractivity (Wildman–Crippen MR) is 131 cm³/mol. The van der Waals surface area contributed by atoms with Crippen LogP contribution in [0.5, 0.6) is 5.75 Å². The molecule has 0 fully saturated rings. The minimum absolute atomic E-state index is 0.130. The number of rotatable bonds is 15. The van der Waals surface area contributed by atoms with Gasteiger partial charge in [-0.15, -0.1) is 0 Å². The van der Waals surface area contributed by atoms with Crippen molar-refractivity contribution in [1.29, 1.82) is 0 Å². The maximum atomic E-state index is 6.55. The monoisotopic (exact) mass is 413 g/mol. The van der Waals surface area contributed by atoms with Crippen molar-refractivity contribution < 1.29 is 4.74 Å². The van der Waals surface area contributed by atoms with Crippen LogP contribution in [0.25, 0.3) is 0 Å². The number of hydrogen-bond acceptors (Lipinski definition) is 1. The number of unbranched alkanes of at least 4 members (excludes halogenated alkanes) is 9. The van der Waals surface area contributed by atoms with Crippen LogP contribution in [0, 0.1) is 0 Å².